The molecule has 0 aliphatic rings. The smallest absolute Gasteiger partial charge is 0.128 e. The molecule has 1 rings (SSSR count). The maximum absolute atomic E-state index is 4.94. The summed E-state index contributed by atoms with van der Waals surface area (Å²) in [6.45, 7) is 0. The second-order valence-electron chi connectivity index (χ2n) is 1.85. The fourth-order valence-electron chi connectivity index (χ4n) is 0.626. The largest absolute Gasteiger partial charge is 1.00 e. The molecule has 0 aliphatic carbocycles. The number of methoxy groups -OCH3 is 1. The molecule has 3 heteroatoms. The Morgan fingerprint density at radius 1 is 1.20 bits per heavy atom. The van der Waals surface area contributed by atoms with E-state index in [0.29, 0.717) is 0 Å². The summed E-state index contributed by atoms with van der Waals surface area (Å²) in [5, 5.41) is 0. The van der Waals surface area contributed by atoms with E-state index in [1.165, 1.54) is 0 Å². The fourth-order valence-corrected chi connectivity index (χ4v) is 0.626. The maximum atomic E-state index is 4.94. The number of halogens is 1. The molecule has 0 fully saturated rings. The summed E-state index contributed by atoms with van der Waals surface area (Å²) in [6, 6.07) is 7.61. The highest BCUT2D eigenvalue weighted by Crippen LogP contribution is 2.10. The van der Waals surface area contributed by atoms with E-state index in [4.69, 9.17) is 4.74 Å². The maximum Gasteiger partial charge on any atom is 0.128 e. The van der Waals surface area contributed by atoms with Crippen molar-refractivity contribution in [1.29, 1.82) is 0 Å². The first kappa shape index (κ1) is 9.71. The molecule has 0 saturated heterocycles. The average molecular weight is 251 g/mol. The molecule has 0 spiro atoms. The van der Waals surface area contributed by atoms with Crippen molar-refractivity contribution in [3.63, 3.8) is 0 Å². The van der Waals surface area contributed by atoms with Crippen LogP contribution in [0.5, 0.6) is 5.75 Å². The predicted molar refractivity (Wildman–Crippen MR) is 35.5 cm³/mol. The molecule has 56 valence electrons. The van der Waals surface area contributed by atoms with E-state index >= 15 is 0 Å². The summed E-state index contributed by atoms with van der Waals surface area (Å²) in [5.74, 6) is 0.877. The van der Waals surface area contributed by atoms with Crippen LogP contribution in [0.3, 0.4) is 0 Å². The summed E-state index contributed by atoms with van der Waals surface area (Å²) in [4.78, 5) is 0. The van der Waals surface area contributed by atoms with Crippen LogP contribution in [0.25, 0.3) is 0 Å². The van der Waals surface area contributed by atoms with E-state index in [-0.39, 0.29) is 24.0 Å². The van der Waals surface area contributed by atoms with E-state index in [9.17, 15) is 0 Å². The van der Waals surface area contributed by atoms with Crippen molar-refractivity contribution in [2.75, 3.05) is 7.11 Å². The zero-order valence-electron chi connectivity index (χ0n) is 5.80. The van der Waals surface area contributed by atoms with Crippen LogP contribution in [0.2, 0.25) is 0 Å². The Bertz CT molecular complexity index is 185. The third-order valence-corrected chi connectivity index (χ3v) is 1.16. The van der Waals surface area contributed by atoms with Crippen LogP contribution < -0.4 is 34.4 Å². The molecule has 0 bridgehead atoms. The van der Waals surface area contributed by atoms with E-state index in [1.54, 1.807) is 7.11 Å². The van der Waals surface area contributed by atoms with Crippen LogP contribution in [0, 0.1) is 0 Å². The highest BCUT2D eigenvalue weighted by atomic mass is 127. The van der Waals surface area contributed by atoms with Gasteiger partial charge >= 0.3 is 0 Å². The topological polar surface area (TPSA) is 36.9 Å². The second kappa shape index (κ2) is 4.51. The van der Waals surface area contributed by atoms with Crippen molar-refractivity contribution >= 4 is 5.69 Å². The second-order valence-corrected chi connectivity index (χ2v) is 1.85. The van der Waals surface area contributed by atoms with E-state index in [0.717, 1.165) is 11.4 Å². The molecule has 2 nitrogen and oxygen atoms in total. The Balaban J connectivity index is 0.000000810. The first-order valence-corrected chi connectivity index (χ1v) is 2.79. The van der Waals surface area contributed by atoms with Gasteiger partial charge in [-0.2, -0.15) is 0 Å². The molecule has 0 aromatic heterocycles. The van der Waals surface area contributed by atoms with Gasteiger partial charge in [-0.05, 0) is 12.1 Å². The molecule has 3 N–H and O–H groups in total. The lowest BCUT2D eigenvalue weighted by Gasteiger charge is -1.95. The Hall–Kier alpha value is -0.290. The molecule has 0 radical (unpaired) electrons. The predicted octanol–water partition coefficient (Wildman–Crippen LogP) is -2.43. The van der Waals surface area contributed by atoms with Crippen molar-refractivity contribution in [2.24, 2.45) is 0 Å². The van der Waals surface area contributed by atoms with E-state index < -0.39 is 0 Å². The molecule has 0 saturated carbocycles. The lowest BCUT2D eigenvalue weighted by Crippen LogP contribution is -3.00. The molecule has 0 amide bonds. The first-order chi connectivity index (χ1) is 4.33. The van der Waals surface area contributed by atoms with Gasteiger partial charge in [-0.1, -0.05) is 0 Å². The SMILES string of the molecule is COc1ccc([NH3+])cc1.[I-]. The fraction of sp³-hybridized carbons (Fsp3) is 0.143. The Kier molecular flexibility index (Phi) is 4.38. The average Bonchev–Trinajstić information content (AvgIpc) is 1.90. The number of ether oxygens (including phenoxy) is 1. The molecule has 0 unspecified atom stereocenters. The zero-order valence-corrected chi connectivity index (χ0v) is 7.96. The number of hydrogen-bond acceptors (Lipinski definition) is 1. The van der Waals surface area contributed by atoms with Gasteiger partial charge in [-0.3, -0.25) is 0 Å². The van der Waals surface area contributed by atoms with Gasteiger partial charge in [0.15, 0.2) is 0 Å². The van der Waals surface area contributed by atoms with Crippen molar-refractivity contribution < 1.29 is 34.4 Å². The molecule has 0 heterocycles. The summed E-state index contributed by atoms with van der Waals surface area (Å²) in [7, 11) is 1.65. The number of benzene rings is 1. The van der Waals surface area contributed by atoms with Crippen LogP contribution in [-0.4, -0.2) is 7.11 Å². The third kappa shape index (κ3) is 2.53. The van der Waals surface area contributed by atoms with Gasteiger partial charge in [-0.15, -0.1) is 0 Å². The lowest BCUT2D eigenvalue weighted by molar-refractivity contribution is -0.254. The van der Waals surface area contributed by atoms with Gasteiger partial charge in [0.2, 0.25) is 0 Å². The number of rotatable bonds is 1. The van der Waals surface area contributed by atoms with Gasteiger partial charge in [0.1, 0.15) is 11.4 Å². The van der Waals surface area contributed by atoms with E-state index in [1.807, 2.05) is 24.3 Å². The molecule has 1 aromatic carbocycles. The lowest BCUT2D eigenvalue weighted by atomic mass is 10.3. The van der Waals surface area contributed by atoms with Crippen molar-refractivity contribution in [2.45, 2.75) is 0 Å². The minimum atomic E-state index is 0. The zero-order chi connectivity index (χ0) is 6.69. The van der Waals surface area contributed by atoms with Gasteiger partial charge < -0.3 is 34.4 Å². The number of quaternary nitrogens is 1. The number of hydrogen-bond donors (Lipinski definition) is 1. The van der Waals surface area contributed by atoms with Gasteiger partial charge in [-0.25, -0.2) is 0 Å². The van der Waals surface area contributed by atoms with Gasteiger partial charge in [0.05, 0.1) is 7.11 Å². The van der Waals surface area contributed by atoms with Crippen LogP contribution in [0.4, 0.5) is 5.69 Å². The Morgan fingerprint density at radius 2 is 1.70 bits per heavy atom. The van der Waals surface area contributed by atoms with Crippen molar-refractivity contribution in [3.8, 4) is 5.75 Å². The first-order valence-electron chi connectivity index (χ1n) is 2.79. The normalized spacial score (nSPS) is 8.20. The summed E-state index contributed by atoms with van der Waals surface area (Å²) in [5.41, 5.74) is 4.75. The third-order valence-electron chi connectivity index (χ3n) is 1.16. The van der Waals surface area contributed by atoms with Crippen LogP contribution >= 0.6 is 0 Å². The van der Waals surface area contributed by atoms with E-state index in [2.05, 4.69) is 5.73 Å². The van der Waals surface area contributed by atoms with Crippen molar-refractivity contribution in [3.05, 3.63) is 24.3 Å². The minimum absolute atomic E-state index is 0. The molecule has 1 aromatic rings. The molecule has 10 heavy (non-hydrogen) atoms. The van der Waals surface area contributed by atoms with Gasteiger partial charge in [0, 0.05) is 12.1 Å². The van der Waals surface area contributed by atoms with Crippen LogP contribution in [0.1, 0.15) is 0 Å². The standard InChI is InChI=1S/C7H9NO.HI/c1-9-7-4-2-6(8)3-5-7;/h2-5H,8H2,1H3;1H. The van der Waals surface area contributed by atoms with Crippen LogP contribution in [-0.2, 0) is 0 Å². The summed E-state index contributed by atoms with van der Waals surface area (Å²) < 4.78 is 4.94. The quantitative estimate of drug-likeness (QED) is 0.554. The summed E-state index contributed by atoms with van der Waals surface area (Å²) in [6.07, 6.45) is 0. The van der Waals surface area contributed by atoms with Crippen molar-refractivity contribution in [1.82, 2.24) is 0 Å². The van der Waals surface area contributed by atoms with Crippen LogP contribution in [0.15, 0.2) is 24.3 Å². The highest BCUT2D eigenvalue weighted by molar-refractivity contribution is 5.34. The molecular weight excluding hydrogens is 241 g/mol. The molecule has 0 aliphatic heterocycles. The molecular formula is C7H10INO. The molecule has 0 atom stereocenters. The summed E-state index contributed by atoms with van der Waals surface area (Å²) >= 11 is 0. The van der Waals surface area contributed by atoms with Gasteiger partial charge in [0.25, 0.3) is 0 Å². The highest BCUT2D eigenvalue weighted by Gasteiger charge is 1.88. The monoisotopic (exact) mass is 251 g/mol. The minimum Gasteiger partial charge on any atom is -1.00 e. The Morgan fingerprint density at radius 3 is 2.10 bits per heavy atom. The Labute approximate surface area is 77.4 Å².